The number of carbonyl (C=O) groups excluding carboxylic acids is 1. The molecule has 1 aliphatic rings. The fourth-order valence-electron chi connectivity index (χ4n) is 2.50. The average Bonchev–Trinajstić information content (AvgIpc) is 2.80. The Morgan fingerprint density at radius 1 is 1.37 bits per heavy atom. The highest BCUT2D eigenvalue weighted by Crippen LogP contribution is 2.27. The van der Waals surface area contributed by atoms with Crippen LogP contribution in [0.4, 0.5) is 0 Å². The molecule has 0 bridgehead atoms. The van der Waals surface area contributed by atoms with Gasteiger partial charge in [-0.25, -0.2) is 0 Å². The number of carboxylic acid groups (broad SMARTS) is 1. The minimum absolute atomic E-state index is 0.214. The summed E-state index contributed by atoms with van der Waals surface area (Å²) >= 11 is 3.40. The van der Waals surface area contributed by atoms with E-state index in [1.807, 2.05) is 19.1 Å². The zero-order valence-corrected chi connectivity index (χ0v) is 12.2. The van der Waals surface area contributed by atoms with Crippen LogP contribution in [0.25, 0.3) is 0 Å². The lowest BCUT2D eigenvalue weighted by atomic mass is 10.0. The summed E-state index contributed by atoms with van der Waals surface area (Å²) in [5, 5.41) is 12.0. The van der Waals surface area contributed by atoms with E-state index in [1.165, 1.54) is 0 Å². The van der Waals surface area contributed by atoms with Gasteiger partial charge in [0.15, 0.2) is 0 Å². The summed E-state index contributed by atoms with van der Waals surface area (Å²) in [4.78, 5) is 23.3. The molecule has 5 heteroatoms. The first kappa shape index (κ1) is 14.1. The SMILES string of the molecule is Cc1cccc(C(=O)N[C@@H]2CCC[C@@H]2C(=O)O)c1Br. The molecule has 1 aromatic carbocycles. The maximum Gasteiger partial charge on any atom is 0.308 e. The van der Waals surface area contributed by atoms with E-state index in [1.54, 1.807) is 6.07 Å². The Morgan fingerprint density at radius 2 is 2.11 bits per heavy atom. The summed E-state index contributed by atoms with van der Waals surface area (Å²) in [7, 11) is 0. The topological polar surface area (TPSA) is 66.4 Å². The molecule has 1 amide bonds. The lowest BCUT2D eigenvalue weighted by molar-refractivity contribution is -0.142. The number of aryl methyl sites for hydroxylation is 1. The molecule has 4 nitrogen and oxygen atoms in total. The van der Waals surface area contributed by atoms with Crippen LogP contribution in [0.1, 0.15) is 35.2 Å². The van der Waals surface area contributed by atoms with E-state index >= 15 is 0 Å². The van der Waals surface area contributed by atoms with Crippen LogP contribution in [0.2, 0.25) is 0 Å². The molecule has 102 valence electrons. The predicted octanol–water partition coefficient (Wildman–Crippen LogP) is 2.74. The van der Waals surface area contributed by atoms with Gasteiger partial charge in [0.25, 0.3) is 5.91 Å². The predicted molar refractivity (Wildman–Crippen MR) is 75.1 cm³/mol. The van der Waals surface area contributed by atoms with Gasteiger partial charge in [-0.1, -0.05) is 18.6 Å². The highest BCUT2D eigenvalue weighted by atomic mass is 79.9. The first-order chi connectivity index (χ1) is 9.00. The van der Waals surface area contributed by atoms with Gasteiger partial charge >= 0.3 is 5.97 Å². The van der Waals surface area contributed by atoms with E-state index in [9.17, 15) is 9.59 Å². The van der Waals surface area contributed by atoms with Gasteiger partial charge in [0, 0.05) is 10.5 Å². The van der Waals surface area contributed by atoms with Gasteiger partial charge in [-0.2, -0.15) is 0 Å². The average molecular weight is 326 g/mol. The summed E-state index contributed by atoms with van der Waals surface area (Å²) < 4.78 is 0.761. The molecule has 0 heterocycles. The molecule has 2 N–H and O–H groups in total. The van der Waals surface area contributed by atoms with Crippen molar-refractivity contribution in [1.82, 2.24) is 5.32 Å². The number of hydrogen-bond acceptors (Lipinski definition) is 2. The largest absolute Gasteiger partial charge is 0.481 e. The van der Waals surface area contributed by atoms with Crippen LogP contribution >= 0.6 is 15.9 Å². The third-order valence-electron chi connectivity index (χ3n) is 3.59. The van der Waals surface area contributed by atoms with Crippen LogP contribution in [0, 0.1) is 12.8 Å². The molecule has 0 radical (unpaired) electrons. The molecule has 1 fully saturated rings. The van der Waals surface area contributed by atoms with E-state index < -0.39 is 11.9 Å². The number of carbonyl (C=O) groups is 2. The number of aliphatic carboxylic acids is 1. The zero-order chi connectivity index (χ0) is 14.0. The Morgan fingerprint density at radius 3 is 2.79 bits per heavy atom. The molecule has 1 saturated carbocycles. The summed E-state index contributed by atoms with van der Waals surface area (Å²) in [6, 6.07) is 5.20. The molecule has 1 aliphatic carbocycles. The van der Waals surface area contributed by atoms with Crippen LogP contribution in [0.5, 0.6) is 0 Å². The molecule has 0 unspecified atom stereocenters. The molecule has 2 rings (SSSR count). The number of nitrogens with one attached hydrogen (secondary N) is 1. The zero-order valence-electron chi connectivity index (χ0n) is 10.6. The minimum atomic E-state index is -0.828. The molecule has 1 aromatic rings. The summed E-state index contributed by atoms with van der Waals surface area (Å²) in [6.07, 6.45) is 2.21. The van der Waals surface area contributed by atoms with Crippen LogP contribution < -0.4 is 5.32 Å². The summed E-state index contributed by atoms with van der Waals surface area (Å²) in [5.74, 6) is -1.51. The second kappa shape index (κ2) is 5.74. The van der Waals surface area contributed by atoms with Crippen LogP contribution in [0.3, 0.4) is 0 Å². The molecule has 19 heavy (non-hydrogen) atoms. The number of halogens is 1. The van der Waals surface area contributed by atoms with Crippen molar-refractivity contribution in [3.63, 3.8) is 0 Å². The van der Waals surface area contributed by atoms with E-state index in [0.29, 0.717) is 12.0 Å². The van der Waals surface area contributed by atoms with Crippen molar-refractivity contribution in [3.05, 3.63) is 33.8 Å². The van der Waals surface area contributed by atoms with Crippen LogP contribution in [-0.2, 0) is 4.79 Å². The Balaban J connectivity index is 2.13. The molecule has 0 spiro atoms. The van der Waals surface area contributed by atoms with E-state index in [2.05, 4.69) is 21.2 Å². The Kier molecular flexibility index (Phi) is 4.24. The normalized spacial score (nSPS) is 22.2. The standard InChI is InChI=1S/C14H16BrNO3/c1-8-4-2-6-10(12(8)15)13(17)16-11-7-3-5-9(11)14(18)19/h2,4,6,9,11H,3,5,7H2,1H3,(H,16,17)(H,18,19)/t9-,11+/m0/s1. The van der Waals surface area contributed by atoms with Crippen molar-refractivity contribution in [2.45, 2.75) is 32.2 Å². The van der Waals surface area contributed by atoms with Gasteiger partial charge < -0.3 is 10.4 Å². The first-order valence-corrected chi connectivity index (χ1v) is 7.09. The van der Waals surface area contributed by atoms with Gasteiger partial charge in [-0.3, -0.25) is 9.59 Å². The van der Waals surface area contributed by atoms with Crippen molar-refractivity contribution < 1.29 is 14.7 Å². The fraction of sp³-hybridized carbons (Fsp3) is 0.429. The number of carboxylic acids is 1. The highest BCUT2D eigenvalue weighted by Gasteiger charge is 2.34. The minimum Gasteiger partial charge on any atom is -0.481 e. The van der Waals surface area contributed by atoms with Gasteiger partial charge in [-0.05, 0) is 47.3 Å². The summed E-state index contributed by atoms with van der Waals surface area (Å²) in [6.45, 7) is 1.91. The monoisotopic (exact) mass is 325 g/mol. The Bertz CT molecular complexity index is 515. The molecular weight excluding hydrogens is 310 g/mol. The third-order valence-corrected chi connectivity index (χ3v) is 4.64. The third kappa shape index (κ3) is 2.97. The van der Waals surface area contributed by atoms with Crippen molar-refractivity contribution in [2.75, 3.05) is 0 Å². The number of benzene rings is 1. The molecule has 2 atom stereocenters. The Hall–Kier alpha value is -1.36. The van der Waals surface area contributed by atoms with E-state index in [0.717, 1.165) is 22.9 Å². The van der Waals surface area contributed by atoms with Crippen LogP contribution in [-0.4, -0.2) is 23.0 Å². The smallest absolute Gasteiger partial charge is 0.308 e. The molecule has 0 saturated heterocycles. The second-order valence-corrected chi connectivity index (χ2v) is 5.69. The number of rotatable bonds is 3. The first-order valence-electron chi connectivity index (χ1n) is 6.29. The van der Waals surface area contributed by atoms with Crippen molar-refractivity contribution in [2.24, 2.45) is 5.92 Å². The van der Waals surface area contributed by atoms with Gasteiger partial charge in [-0.15, -0.1) is 0 Å². The quantitative estimate of drug-likeness (QED) is 0.897. The maximum atomic E-state index is 12.2. The molecular formula is C14H16BrNO3. The van der Waals surface area contributed by atoms with E-state index in [-0.39, 0.29) is 11.9 Å². The lowest BCUT2D eigenvalue weighted by Crippen LogP contribution is -2.40. The van der Waals surface area contributed by atoms with Gasteiger partial charge in [0.1, 0.15) is 0 Å². The second-order valence-electron chi connectivity index (χ2n) is 4.89. The van der Waals surface area contributed by atoms with Gasteiger partial charge in [0.05, 0.1) is 11.5 Å². The molecule has 0 aromatic heterocycles. The highest BCUT2D eigenvalue weighted by molar-refractivity contribution is 9.10. The van der Waals surface area contributed by atoms with E-state index in [4.69, 9.17) is 5.11 Å². The summed E-state index contributed by atoms with van der Waals surface area (Å²) in [5.41, 5.74) is 1.53. The number of hydrogen-bond donors (Lipinski definition) is 2. The molecule has 0 aliphatic heterocycles. The van der Waals surface area contributed by atoms with Gasteiger partial charge in [0.2, 0.25) is 0 Å². The van der Waals surface area contributed by atoms with Crippen molar-refractivity contribution in [3.8, 4) is 0 Å². The Labute approximate surface area is 120 Å². The maximum absolute atomic E-state index is 12.2. The number of amides is 1. The van der Waals surface area contributed by atoms with Crippen molar-refractivity contribution in [1.29, 1.82) is 0 Å². The lowest BCUT2D eigenvalue weighted by Gasteiger charge is -2.18. The van der Waals surface area contributed by atoms with Crippen molar-refractivity contribution >= 4 is 27.8 Å². The fourth-order valence-corrected chi connectivity index (χ4v) is 2.94. The van der Waals surface area contributed by atoms with Crippen LogP contribution in [0.15, 0.2) is 22.7 Å².